The summed E-state index contributed by atoms with van der Waals surface area (Å²) in [5.41, 5.74) is 0.211. The van der Waals surface area contributed by atoms with Crippen LogP contribution in [-0.4, -0.2) is 43.4 Å². The first-order valence-corrected chi connectivity index (χ1v) is 8.25. The first kappa shape index (κ1) is 16.1. The van der Waals surface area contributed by atoms with Crippen molar-refractivity contribution in [2.45, 2.75) is 19.8 Å². The molecule has 0 saturated carbocycles. The van der Waals surface area contributed by atoms with Crippen LogP contribution in [0.25, 0.3) is 0 Å². The summed E-state index contributed by atoms with van der Waals surface area (Å²) in [5.74, 6) is 0.0860. The maximum absolute atomic E-state index is 11.6. The van der Waals surface area contributed by atoms with Gasteiger partial charge in [-0.15, -0.1) is 0 Å². The highest BCUT2D eigenvalue weighted by Crippen LogP contribution is 2.27. The molecular formula is C14H22O4S. The predicted octanol–water partition coefficient (Wildman–Crippen LogP) is 1.02. The van der Waals surface area contributed by atoms with Crippen LogP contribution in [0.2, 0.25) is 0 Å². The number of aliphatic hydroxyl groups excluding tert-OH is 2. The molecule has 0 unspecified atom stereocenters. The van der Waals surface area contributed by atoms with Crippen LogP contribution < -0.4 is 0 Å². The molecule has 0 fully saturated rings. The summed E-state index contributed by atoms with van der Waals surface area (Å²) >= 11 is 0. The summed E-state index contributed by atoms with van der Waals surface area (Å²) < 4.78 is 23.1. The third-order valence-corrected chi connectivity index (χ3v) is 5.18. The first-order chi connectivity index (χ1) is 8.97. The highest BCUT2D eigenvalue weighted by atomic mass is 32.2. The summed E-state index contributed by atoms with van der Waals surface area (Å²) in [4.78, 5) is 0. The lowest BCUT2D eigenvalue weighted by molar-refractivity contribution is 0.0520. The Balaban J connectivity index is 2.80. The van der Waals surface area contributed by atoms with E-state index in [1.165, 1.54) is 0 Å². The zero-order valence-corrected chi connectivity index (χ0v) is 12.1. The molecule has 108 valence electrons. The van der Waals surface area contributed by atoms with Crippen molar-refractivity contribution in [1.82, 2.24) is 0 Å². The number of hydrogen-bond donors (Lipinski definition) is 2. The maximum Gasteiger partial charge on any atom is 0.150 e. The third kappa shape index (κ3) is 4.93. The second kappa shape index (κ2) is 7.03. The van der Waals surface area contributed by atoms with Gasteiger partial charge in [0.2, 0.25) is 0 Å². The molecule has 0 heterocycles. The van der Waals surface area contributed by atoms with Gasteiger partial charge in [-0.25, -0.2) is 8.42 Å². The van der Waals surface area contributed by atoms with E-state index < -0.39 is 15.3 Å². The summed E-state index contributed by atoms with van der Waals surface area (Å²) in [7, 11) is -3.09. The van der Waals surface area contributed by atoms with E-state index in [4.69, 9.17) is 0 Å². The van der Waals surface area contributed by atoms with Crippen molar-refractivity contribution < 1.29 is 18.6 Å². The van der Waals surface area contributed by atoms with Crippen molar-refractivity contribution in [3.05, 3.63) is 35.9 Å². The topological polar surface area (TPSA) is 74.6 Å². The normalized spacial score (nSPS) is 12.6. The summed E-state index contributed by atoms with van der Waals surface area (Å²) in [5, 5.41) is 19.1. The van der Waals surface area contributed by atoms with Crippen molar-refractivity contribution in [1.29, 1.82) is 0 Å². The summed E-state index contributed by atoms with van der Waals surface area (Å²) in [6.45, 7) is 1.15. The minimum Gasteiger partial charge on any atom is -0.396 e. The van der Waals surface area contributed by atoms with Crippen LogP contribution >= 0.6 is 0 Å². The molecule has 4 nitrogen and oxygen atoms in total. The van der Waals surface area contributed by atoms with Gasteiger partial charge in [0.25, 0.3) is 0 Å². The molecule has 0 radical (unpaired) electrons. The molecule has 0 aromatic heterocycles. The van der Waals surface area contributed by atoms with Gasteiger partial charge in [0.1, 0.15) is 9.84 Å². The Labute approximate surface area is 115 Å². The Morgan fingerprint density at radius 2 is 1.68 bits per heavy atom. The average Bonchev–Trinajstić information content (AvgIpc) is 2.45. The largest absolute Gasteiger partial charge is 0.396 e. The molecule has 2 N–H and O–H groups in total. The van der Waals surface area contributed by atoms with Crippen LogP contribution in [0.3, 0.4) is 0 Å². The minimum atomic E-state index is -3.09. The smallest absolute Gasteiger partial charge is 0.150 e. The van der Waals surface area contributed by atoms with Gasteiger partial charge in [0.05, 0.1) is 19.0 Å². The van der Waals surface area contributed by atoms with Gasteiger partial charge >= 0.3 is 0 Å². The SMILES string of the molecule is CCS(=O)(=O)CCC(CO)(CO)Cc1ccccc1. The van der Waals surface area contributed by atoms with Crippen molar-refractivity contribution in [2.75, 3.05) is 24.7 Å². The monoisotopic (exact) mass is 286 g/mol. The highest BCUT2D eigenvalue weighted by Gasteiger charge is 2.30. The maximum atomic E-state index is 11.6. The van der Waals surface area contributed by atoms with E-state index in [1.807, 2.05) is 30.3 Å². The predicted molar refractivity (Wildman–Crippen MR) is 75.7 cm³/mol. The molecule has 0 aliphatic carbocycles. The number of benzene rings is 1. The fourth-order valence-electron chi connectivity index (χ4n) is 1.95. The van der Waals surface area contributed by atoms with E-state index in [2.05, 4.69) is 0 Å². The van der Waals surface area contributed by atoms with Gasteiger partial charge in [0.15, 0.2) is 0 Å². The van der Waals surface area contributed by atoms with Crippen LogP contribution in [0, 0.1) is 5.41 Å². The number of sulfone groups is 1. The Hall–Kier alpha value is -0.910. The lowest BCUT2D eigenvalue weighted by Gasteiger charge is -2.29. The molecule has 1 rings (SSSR count). The molecule has 0 amide bonds. The minimum absolute atomic E-state index is 0.00253. The summed E-state index contributed by atoms with van der Waals surface area (Å²) in [6.07, 6.45) is 0.741. The second-order valence-electron chi connectivity index (χ2n) is 4.96. The molecular weight excluding hydrogens is 264 g/mol. The molecule has 19 heavy (non-hydrogen) atoms. The Kier molecular flexibility index (Phi) is 5.97. The Bertz CT molecular complexity index is 463. The molecule has 0 spiro atoms. The highest BCUT2D eigenvalue weighted by molar-refractivity contribution is 7.91. The van der Waals surface area contributed by atoms with Gasteiger partial charge < -0.3 is 10.2 Å². The average molecular weight is 286 g/mol. The molecule has 1 aromatic rings. The van der Waals surface area contributed by atoms with Crippen molar-refractivity contribution >= 4 is 9.84 Å². The molecule has 5 heteroatoms. The van der Waals surface area contributed by atoms with Crippen molar-refractivity contribution in [3.63, 3.8) is 0 Å². The molecule has 0 saturated heterocycles. The zero-order valence-electron chi connectivity index (χ0n) is 11.2. The van der Waals surface area contributed by atoms with Crippen LogP contribution in [0.1, 0.15) is 18.9 Å². The third-order valence-electron chi connectivity index (χ3n) is 3.48. The van der Waals surface area contributed by atoms with Gasteiger partial charge in [-0.3, -0.25) is 0 Å². The molecule has 0 aliphatic rings. The fraction of sp³-hybridized carbons (Fsp3) is 0.571. The quantitative estimate of drug-likeness (QED) is 0.748. The Morgan fingerprint density at radius 3 is 2.16 bits per heavy atom. The van der Waals surface area contributed by atoms with E-state index in [9.17, 15) is 18.6 Å². The van der Waals surface area contributed by atoms with Gasteiger partial charge in [0, 0.05) is 11.2 Å². The molecule has 0 bridgehead atoms. The van der Waals surface area contributed by atoms with E-state index in [0.29, 0.717) is 6.42 Å². The van der Waals surface area contributed by atoms with E-state index in [-0.39, 0.29) is 31.1 Å². The van der Waals surface area contributed by atoms with Crippen LogP contribution in [0.5, 0.6) is 0 Å². The zero-order chi connectivity index (χ0) is 14.4. The second-order valence-corrected chi connectivity index (χ2v) is 7.44. The van der Waals surface area contributed by atoms with Crippen molar-refractivity contribution in [3.8, 4) is 0 Å². The van der Waals surface area contributed by atoms with Gasteiger partial charge in [-0.05, 0) is 18.4 Å². The number of aliphatic hydroxyl groups is 2. The fourth-order valence-corrected chi connectivity index (χ4v) is 2.99. The summed E-state index contributed by atoms with van der Waals surface area (Å²) in [6, 6.07) is 9.49. The van der Waals surface area contributed by atoms with Crippen molar-refractivity contribution in [2.24, 2.45) is 5.41 Å². The standard InChI is InChI=1S/C14H22O4S/c1-2-19(17,18)9-8-14(11-15,12-16)10-13-6-4-3-5-7-13/h3-7,15-16H,2,8-12H2,1H3. The molecule has 0 aliphatic heterocycles. The van der Waals surface area contributed by atoms with E-state index in [0.717, 1.165) is 5.56 Å². The molecule has 0 atom stereocenters. The van der Waals surface area contributed by atoms with Crippen LogP contribution in [0.15, 0.2) is 30.3 Å². The van der Waals surface area contributed by atoms with Gasteiger partial charge in [-0.2, -0.15) is 0 Å². The van der Waals surface area contributed by atoms with Gasteiger partial charge in [-0.1, -0.05) is 37.3 Å². The first-order valence-electron chi connectivity index (χ1n) is 6.43. The number of rotatable bonds is 8. The van der Waals surface area contributed by atoms with Crippen LogP contribution in [-0.2, 0) is 16.3 Å². The van der Waals surface area contributed by atoms with Crippen LogP contribution in [0.4, 0.5) is 0 Å². The lowest BCUT2D eigenvalue weighted by atomic mass is 9.81. The number of hydrogen-bond acceptors (Lipinski definition) is 4. The lowest BCUT2D eigenvalue weighted by Crippen LogP contribution is -2.34. The molecule has 1 aromatic carbocycles. The van der Waals surface area contributed by atoms with E-state index in [1.54, 1.807) is 6.92 Å². The Morgan fingerprint density at radius 1 is 1.11 bits per heavy atom. The van der Waals surface area contributed by atoms with E-state index >= 15 is 0 Å².